The first-order valence-corrected chi connectivity index (χ1v) is 6.12. The molecule has 0 aliphatic heterocycles. The van der Waals surface area contributed by atoms with Gasteiger partial charge >= 0.3 is 0 Å². The van der Waals surface area contributed by atoms with Crippen LogP contribution < -0.4 is 5.32 Å². The van der Waals surface area contributed by atoms with Gasteiger partial charge in [0.25, 0.3) is 0 Å². The zero-order valence-corrected chi connectivity index (χ0v) is 9.65. The van der Waals surface area contributed by atoms with E-state index in [9.17, 15) is 4.79 Å². The van der Waals surface area contributed by atoms with Gasteiger partial charge in [0.2, 0.25) is 5.91 Å². The molecule has 0 saturated heterocycles. The highest BCUT2D eigenvalue weighted by Crippen LogP contribution is 2.32. The highest BCUT2D eigenvalue weighted by molar-refractivity contribution is 6.17. The molecule has 1 rings (SSSR count). The van der Waals surface area contributed by atoms with Crippen LogP contribution in [0, 0.1) is 11.8 Å². The zero-order chi connectivity index (χ0) is 10.4. The van der Waals surface area contributed by atoms with Gasteiger partial charge in [0.05, 0.1) is 0 Å². The molecule has 1 aliphatic rings. The monoisotopic (exact) mass is 217 g/mol. The lowest BCUT2D eigenvalue weighted by Gasteiger charge is -2.13. The van der Waals surface area contributed by atoms with E-state index in [-0.39, 0.29) is 5.91 Å². The lowest BCUT2D eigenvalue weighted by molar-refractivity contribution is -0.121. The summed E-state index contributed by atoms with van der Waals surface area (Å²) in [5.74, 6) is 2.15. The summed E-state index contributed by atoms with van der Waals surface area (Å²) in [6.45, 7) is 2.94. The Labute approximate surface area is 91.4 Å². The second-order valence-electron chi connectivity index (χ2n) is 4.20. The summed E-state index contributed by atoms with van der Waals surface area (Å²) < 4.78 is 0. The normalized spacial score (nSPS) is 17.9. The number of halogens is 1. The van der Waals surface area contributed by atoms with Crippen LogP contribution in [-0.2, 0) is 4.79 Å². The van der Waals surface area contributed by atoms with Gasteiger partial charge in [-0.15, -0.1) is 11.6 Å². The summed E-state index contributed by atoms with van der Waals surface area (Å²) in [7, 11) is 0. The van der Waals surface area contributed by atoms with Crippen LogP contribution in [-0.4, -0.2) is 18.3 Å². The molecule has 0 heterocycles. The first kappa shape index (κ1) is 11.8. The van der Waals surface area contributed by atoms with Crippen LogP contribution in [0.25, 0.3) is 0 Å². The van der Waals surface area contributed by atoms with Crippen molar-refractivity contribution in [1.29, 1.82) is 0 Å². The topological polar surface area (TPSA) is 29.1 Å². The summed E-state index contributed by atoms with van der Waals surface area (Å²) >= 11 is 5.67. The Hall–Kier alpha value is -0.240. The summed E-state index contributed by atoms with van der Waals surface area (Å²) in [5.41, 5.74) is 0. The molecule has 0 bridgehead atoms. The lowest BCUT2D eigenvalue weighted by atomic mass is 10.0. The van der Waals surface area contributed by atoms with E-state index in [0.717, 1.165) is 25.8 Å². The summed E-state index contributed by atoms with van der Waals surface area (Å²) in [6, 6.07) is 0. The maximum Gasteiger partial charge on any atom is 0.220 e. The standard InChI is InChI=1S/C11H20ClNO/c1-2-9(5-6-12)8-13-11(14)7-10-3-4-10/h9-10H,2-8H2,1H3,(H,13,14). The van der Waals surface area contributed by atoms with Crippen molar-refractivity contribution in [2.75, 3.05) is 12.4 Å². The number of nitrogens with one attached hydrogen (secondary N) is 1. The second-order valence-corrected chi connectivity index (χ2v) is 4.58. The molecule has 1 unspecified atom stereocenters. The molecule has 0 aromatic heterocycles. The fraction of sp³-hybridized carbons (Fsp3) is 0.909. The molecule has 14 heavy (non-hydrogen) atoms. The smallest absolute Gasteiger partial charge is 0.220 e. The maximum atomic E-state index is 11.4. The maximum absolute atomic E-state index is 11.4. The highest BCUT2D eigenvalue weighted by Gasteiger charge is 2.24. The minimum atomic E-state index is 0.223. The van der Waals surface area contributed by atoms with Crippen molar-refractivity contribution >= 4 is 17.5 Å². The molecule has 1 N–H and O–H groups in total. The number of amides is 1. The number of hydrogen-bond acceptors (Lipinski definition) is 1. The van der Waals surface area contributed by atoms with Crippen molar-refractivity contribution in [3.63, 3.8) is 0 Å². The predicted molar refractivity (Wildman–Crippen MR) is 59.5 cm³/mol. The average molecular weight is 218 g/mol. The van der Waals surface area contributed by atoms with Crippen LogP contribution in [0.3, 0.4) is 0 Å². The van der Waals surface area contributed by atoms with E-state index < -0.39 is 0 Å². The van der Waals surface area contributed by atoms with Crippen molar-refractivity contribution in [3.05, 3.63) is 0 Å². The molecule has 82 valence electrons. The molecule has 0 aromatic rings. The molecule has 1 saturated carbocycles. The average Bonchev–Trinajstić information content (AvgIpc) is 2.96. The van der Waals surface area contributed by atoms with Gasteiger partial charge in [-0.2, -0.15) is 0 Å². The van der Waals surface area contributed by atoms with Crippen LogP contribution >= 0.6 is 11.6 Å². The third-order valence-corrected chi connectivity index (χ3v) is 3.07. The van der Waals surface area contributed by atoms with Crippen molar-refractivity contribution in [3.8, 4) is 0 Å². The number of carbonyl (C=O) groups excluding carboxylic acids is 1. The Morgan fingerprint density at radius 3 is 2.79 bits per heavy atom. The lowest BCUT2D eigenvalue weighted by Crippen LogP contribution is -2.29. The first-order chi connectivity index (χ1) is 6.76. The van der Waals surface area contributed by atoms with Crippen LogP contribution in [0.2, 0.25) is 0 Å². The zero-order valence-electron chi connectivity index (χ0n) is 8.89. The largest absolute Gasteiger partial charge is 0.356 e. The van der Waals surface area contributed by atoms with Crippen molar-refractivity contribution < 1.29 is 4.79 Å². The van der Waals surface area contributed by atoms with Gasteiger partial charge in [-0.05, 0) is 31.1 Å². The predicted octanol–water partition coefficient (Wildman–Crippen LogP) is 2.56. The van der Waals surface area contributed by atoms with E-state index >= 15 is 0 Å². The Bertz CT molecular complexity index is 180. The Morgan fingerprint density at radius 2 is 2.29 bits per heavy atom. The molecule has 0 radical (unpaired) electrons. The van der Waals surface area contributed by atoms with Crippen molar-refractivity contribution in [2.45, 2.75) is 39.0 Å². The van der Waals surface area contributed by atoms with Crippen LogP contribution in [0.5, 0.6) is 0 Å². The van der Waals surface area contributed by atoms with Gasteiger partial charge in [0, 0.05) is 18.8 Å². The van der Waals surface area contributed by atoms with E-state index in [4.69, 9.17) is 11.6 Å². The molecular formula is C11H20ClNO. The molecule has 1 aliphatic carbocycles. The van der Waals surface area contributed by atoms with E-state index in [0.29, 0.717) is 17.7 Å². The van der Waals surface area contributed by atoms with Gasteiger partial charge in [-0.1, -0.05) is 13.3 Å². The van der Waals surface area contributed by atoms with Crippen molar-refractivity contribution in [1.82, 2.24) is 5.32 Å². The van der Waals surface area contributed by atoms with Crippen LogP contribution in [0.1, 0.15) is 39.0 Å². The molecular weight excluding hydrogens is 198 g/mol. The Morgan fingerprint density at radius 1 is 1.57 bits per heavy atom. The van der Waals surface area contributed by atoms with E-state index in [1.165, 1.54) is 12.8 Å². The van der Waals surface area contributed by atoms with Gasteiger partial charge in [0.1, 0.15) is 0 Å². The fourth-order valence-corrected chi connectivity index (χ4v) is 1.83. The van der Waals surface area contributed by atoms with E-state index in [2.05, 4.69) is 12.2 Å². The third kappa shape index (κ3) is 4.85. The number of rotatable bonds is 7. The minimum absolute atomic E-state index is 0.223. The molecule has 0 spiro atoms. The summed E-state index contributed by atoms with van der Waals surface area (Å²) in [4.78, 5) is 11.4. The molecule has 3 heteroatoms. The SMILES string of the molecule is CCC(CCCl)CNC(=O)CC1CC1. The second kappa shape index (κ2) is 6.28. The summed E-state index contributed by atoms with van der Waals surface area (Å²) in [6.07, 6.45) is 5.31. The minimum Gasteiger partial charge on any atom is -0.356 e. The molecule has 1 amide bonds. The third-order valence-electron chi connectivity index (χ3n) is 2.85. The van der Waals surface area contributed by atoms with Gasteiger partial charge < -0.3 is 5.32 Å². The Balaban J connectivity index is 2.06. The number of alkyl halides is 1. The van der Waals surface area contributed by atoms with Gasteiger partial charge in [-0.25, -0.2) is 0 Å². The van der Waals surface area contributed by atoms with Crippen molar-refractivity contribution in [2.24, 2.45) is 11.8 Å². The Kier molecular flexibility index (Phi) is 5.31. The quantitative estimate of drug-likeness (QED) is 0.653. The van der Waals surface area contributed by atoms with Crippen LogP contribution in [0.15, 0.2) is 0 Å². The molecule has 1 fully saturated rings. The van der Waals surface area contributed by atoms with E-state index in [1.807, 2.05) is 0 Å². The fourth-order valence-electron chi connectivity index (χ4n) is 1.52. The van der Waals surface area contributed by atoms with Crippen LogP contribution in [0.4, 0.5) is 0 Å². The molecule has 0 aromatic carbocycles. The van der Waals surface area contributed by atoms with Gasteiger partial charge in [-0.3, -0.25) is 4.79 Å². The molecule has 2 nitrogen and oxygen atoms in total. The van der Waals surface area contributed by atoms with Gasteiger partial charge in [0.15, 0.2) is 0 Å². The number of carbonyl (C=O) groups is 1. The number of hydrogen-bond donors (Lipinski definition) is 1. The summed E-state index contributed by atoms with van der Waals surface area (Å²) in [5, 5.41) is 2.99. The first-order valence-electron chi connectivity index (χ1n) is 5.59. The molecule has 1 atom stereocenters. The van der Waals surface area contributed by atoms with E-state index in [1.54, 1.807) is 0 Å². The highest BCUT2D eigenvalue weighted by atomic mass is 35.5.